The zero-order chi connectivity index (χ0) is 32.3. The molecule has 2 fully saturated rings. The van der Waals surface area contributed by atoms with Crippen molar-refractivity contribution in [2.24, 2.45) is 0 Å². The van der Waals surface area contributed by atoms with Crippen molar-refractivity contribution in [1.82, 2.24) is 24.3 Å². The van der Waals surface area contributed by atoms with Gasteiger partial charge in [0.25, 0.3) is 0 Å². The van der Waals surface area contributed by atoms with Crippen LogP contribution in [0, 0.1) is 6.92 Å². The maximum absolute atomic E-state index is 14.3. The van der Waals surface area contributed by atoms with Crippen molar-refractivity contribution in [3.05, 3.63) is 112 Å². The molecule has 2 atom stereocenters. The third kappa shape index (κ3) is 6.92. The number of hydrogen-bond donors (Lipinski definition) is 1. The summed E-state index contributed by atoms with van der Waals surface area (Å²) in [7, 11) is 0. The van der Waals surface area contributed by atoms with E-state index in [4.69, 9.17) is 21.3 Å². The van der Waals surface area contributed by atoms with E-state index in [1.807, 2.05) is 55.7 Å². The average molecular weight is 653 g/mol. The minimum absolute atomic E-state index is 0.101. The van der Waals surface area contributed by atoms with Crippen LogP contribution in [0.5, 0.6) is 0 Å². The van der Waals surface area contributed by atoms with Crippen molar-refractivity contribution in [1.29, 1.82) is 0 Å². The van der Waals surface area contributed by atoms with Crippen LogP contribution in [-0.4, -0.2) is 68.1 Å². The third-order valence-electron chi connectivity index (χ3n) is 9.85. The fourth-order valence-electron chi connectivity index (χ4n) is 7.37. The minimum atomic E-state index is -0.759. The number of hydrogen-bond acceptors (Lipinski definition) is 6. The zero-order valence-electron chi connectivity index (χ0n) is 26.8. The van der Waals surface area contributed by atoms with Crippen LogP contribution in [-0.2, 0) is 28.9 Å². The number of fused-ring (bicyclic) bond motifs is 2. The summed E-state index contributed by atoms with van der Waals surface area (Å²) in [6.45, 7) is 3.89. The van der Waals surface area contributed by atoms with Gasteiger partial charge in [-0.3, -0.25) is 19.6 Å². The second-order valence-corrected chi connectivity index (χ2v) is 13.4. The molecular weight excluding hydrogens is 612 g/mol. The molecule has 3 aliphatic rings. The monoisotopic (exact) mass is 652 g/mol. The fourth-order valence-corrected chi connectivity index (χ4v) is 7.56. The van der Waals surface area contributed by atoms with Gasteiger partial charge in [-0.2, -0.15) is 0 Å². The van der Waals surface area contributed by atoms with Gasteiger partial charge in [-0.25, -0.2) is 9.78 Å². The lowest BCUT2D eigenvalue weighted by Crippen LogP contribution is -2.60. The van der Waals surface area contributed by atoms with Crippen LogP contribution in [0.25, 0.3) is 0 Å². The maximum Gasteiger partial charge on any atom is 0.410 e. The number of carbonyl (C=O) groups excluding carboxylic acids is 2. The Hall–Kier alpha value is -4.21. The number of imidazole rings is 1. The Labute approximate surface area is 280 Å². The smallest absolute Gasteiger partial charge is 0.410 e. The highest BCUT2D eigenvalue weighted by Crippen LogP contribution is 2.38. The van der Waals surface area contributed by atoms with E-state index in [0.29, 0.717) is 36.9 Å². The number of ether oxygens (including phenoxy) is 1. The van der Waals surface area contributed by atoms with Gasteiger partial charge in [0.15, 0.2) is 0 Å². The molecule has 2 amide bonds. The Balaban J connectivity index is 1.18. The largest absolute Gasteiger partial charge is 0.446 e. The molecule has 9 nitrogen and oxygen atoms in total. The Morgan fingerprint density at radius 1 is 0.957 bits per heavy atom. The summed E-state index contributed by atoms with van der Waals surface area (Å²) in [5.74, 6) is 0.685. The predicted molar refractivity (Wildman–Crippen MR) is 181 cm³/mol. The molecule has 244 valence electrons. The number of aromatic nitrogens is 3. The molecule has 1 unspecified atom stereocenters. The molecule has 3 heterocycles. The number of anilines is 1. The summed E-state index contributed by atoms with van der Waals surface area (Å²) in [5, 5.41) is 3.85. The number of benzene rings is 2. The minimum Gasteiger partial charge on any atom is -0.446 e. The number of carbonyl (C=O) groups is 2. The first-order valence-electron chi connectivity index (χ1n) is 16.7. The highest BCUT2D eigenvalue weighted by Gasteiger charge is 2.41. The number of nitrogens with one attached hydrogen (secondary N) is 1. The van der Waals surface area contributed by atoms with Crippen LogP contribution >= 0.6 is 11.6 Å². The van der Waals surface area contributed by atoms with E-state index in [9.17, 15) is 9.59 Å². The van der Waals surface area contributed by atoms with Crippen molar-refractivity contribution in [3.63, 3.8) is 0 Å². The maximum atomic E-state index is 14.3. The molecular formula is C37H41ClN6O3. The first-order chi connectivity index (χ1) is 22.9. The Morgan fingerprint density at radius 3 is 2.64 bits per heavy atom. The van der Waals surface area contributed by atoms with Crippen molar-refractivity contribution in [3.8, 4) is 0 Å². The first kappa shape index (κ1) is 31.4. The molecule has 1 N–H and O–H groups in total. The molecule has 0 bridgehead atoms. The molecule has 47 heavy (non-hydrogen) atoms. The van der Waals surface area contributed by atoms with Gasteiger partial charge in [0.05, 0.1) is 11.7 Å². The standard InChI is InChI=1S/C37H41ClN6O3/c1-25-39-17-18-42(25)23-26-7-5-9-30(21-26)41-36(45)33-24-43(19-20-44(33)37(46)47-31-10-3-2-4-11-31)35-32-15-14-29(38)22-28(32)13-12-27-8-6-16-40-34(27)35/h5-9,14-18,21-22,31,33,35H,2-4,10-13,19-20,23-24H2,1H3,(H,41,45)/t33?,35-/m1/s1. The van der Waals surface area contributed by atoms with Crippen LogP contribution in [0.1, 0.15) is 71.9 Å². The SMILES string of the molecule is Cc1nccn1Cc1cccc(NC(=O)C2CN([C@@H]3c4ccc(Cl)cc4CCc4cccnc43)CCN2C(=O)OC2CCCCC2)c1. The molecule has 4 aromatic rings. The third-order valence-corrected chi connectivity index (χ3v) is 10.1. The molecule has 10 heteroatoms. The lowest BCUT2D eigenvalue weighted by atomic mass is 9.95. The molecule has 1 saturated carbocycles. The van der Waals surface area contributed by atoms with E-state index in [1.165, 1.54) is 17.5 Å². The summed E-state index contributed by atoms with van der Waals surface area (Å²) in [6.07, 6.45) is 11.8. The molecule has 7 rings (SSSR count). The highest BCUT2D eigenvalue weighted by molar-refractivity contribution is 6.30. The number of aryl methyl sites for hydroxylation is 3. The normalized spacial score (nSPS) is 20.2. The van der Waals surface area contributed by atoms with Crippen molar-refractivity contribution >= 4 is 29.3 Å². The number of rotatable bonds is 6. The topological polar surface area (TPSA) is 92.6 Å². The summed E-state index contributed by atoms with van der Waals surface area (Å²) >= 11 is 6.46. The van der Waals surface area contributed by atoms with Gasteiger partial charge in [-0.05, 0) is 98.0 Å². The van der Waals surface area contributed by atoms with Gasteiger partial charge in [0.1, 0.15) is 18.0 Å². The Kier molecular flexibility index (Phi) is 9.27. The molecule has 2 aliphatic carbocycles. The summed E-state index contributed by atoms with van der Waals surface area (Å²) < 4.78 is 8.09. The lowest BCUT2D eigenvalue weighted by molar-refractivity contribution is -0.123. The Bertz CT molecular complexity index is 1750. The van der Waals surface area contributed by atoms with Gasteiger partial charge in [0.2, 0.25) is 5.91 Å². The van der Waals surface area contributed by atoms with E-state index in [2.05, 4.69) is 38.0 Å². The number of amides is 2. The summed E-state index contributed by atoms with van der Waals surface area (Å²) in [5.41, 5.74) is 6.24. The summed E-state index contributed by atoms with van der Waals surface area (Å²) in [4.78, 5) is 41.1. The van der Waals surface area contributed by atoms with Crippen LogP contribution in [0.2, 0.25) is 5.02 Å². The van der Waals surface area contributed by atoms with E-state index in [0.717, 1.165) is 61.2 Å². The van der Waals surface area contributed by atoms with Crippen LogP contribution < -0.4 is 5.32 Å². The van der Waals surface area contributed by atoms with E-state index >= 15 is 0 Å². The van der Waals surface area contributed by atoms with Crippen molar-refractivity contribution in [2.75, 3.05) is 25.0 Å². The van der Waals surface area contributed by atoms with Gasteiger partial charge in [0, 0.05) is 55.5 Å². The van der Waals surface area contributed by atoms with Gasteiger partial charge in [-0.15, -0.1) is 0 Å². The fraction of sp³-hybridized carbons (Fsp3) is 0.405. The number of piperazine rings is 1. The molecule has 2 aromatic heterocycles. The number of halogens is 1. The van der Waals surface area contributed by atoms with Crippen LogP contribution in [0.3, 0.4) is 0 Å². The molecule has 1 aliphatic heterocycles. The van der Waals surface area contributed by atoms with E-state index in [-0.39, 0.29) is 18.1 Å². The van der Waals surface area contributed by atoms with E-state index < -0.39 is 12.1 Å². The van der Waals surface area contributed by atoms with Crippen LogP contribution in [0.4, 0.5) is 10.5 Å². The lowest BCUT2D eigenvalue weighted by Gasteiger charge is -2.43. The number of pyridine rings is 1. The van der Waals surface area contributed by atoms with E-state index in [1.54, 1.807) is 11.1 Å². The quantitative estimate of drug-likeness (QED) is 0.253. The molecule has 1 saturated heterocycles. The molecule has 2 aromatic carbocycles. The average Bonchev–Trinajstić information content (AvgIpc) is 3.41. The molecule has 0 radical (unpaired) electrons. The number of nitrogens with zero attached hydrogens (tertiary/aromatic N) is 5. The van der Waals surface area contributed by atoms with Crippen LogP contribution in [0.15, 0.2) is 73.2 Å². The predicted octanol–water partition coefficient (Wildman–Crippen LogP) is 6.57. The zero-order valence-corrected chi connectivity index (χ0v) is 27.5. The first-order valence-corrected chi connectivity index (χ1v) is 17.1. The van der Waals surface area contributed by atoms with Gasteiger partial charge in [-0.1, -0.05) is 42.3 Å². The van der Waals surface area contributed by atoms with Crippen molar-refractivity contribution < 1.29 is 14.3 Å². The Morgan fingerprint density at radius 2 is 1.81 bits per heavy atom. The molecule has 0 spiro atoms. The van der Waals surface area contributed by atoms with Crippen molar-refractivity contribution in [2.45, 2.75) is 76.6 Å². The second kappa shape index (κ2) is 13.9. The van der Waals surface area contributed by atoms with Gasteiger partial charge >= 0.3 is 6.09 Å². The summed E-state index contributed by atoms with van der Waals surface area (Å²) in [6, 6.07) is 17.1. The van der Waals surface area contributed by atoms with Gasteiger partial charge < -0.3 is 14.6 Å². The second-order valence-electron chi connectivity index (χ2n) is 12.9. The highest BCUT2D eigenvalue weighted by atomic mass is 35.5.